The van der Waals surface area contributed by atoms with Gasteiger partial charge in [0.25, 0.3) is 0 Å². The van der Waals surface area contributed by atoms with Gasteiger partial charge in [-0.1, -0.05) is 19.1 Å². The number of carboxylic acid groups (broad SMARTS) is 1. The Balaban J connectivity index is 3.10. The van der Waals surface area contributed by atoms with Crippen LogP contribution >= 0.6 is 0 Å². The molecule has 0 saturated carbocycles. The third kappa shape index (κ3) is 2.33. The van der Waals surface area contributed by atoms with Crippen molar-refractivity contribution in [3.05, 3.63) is 35.1 Å². The van der Waals surface area contributed by atoms with Crippen LogP contribution in [0.5, 0.6) is 0 Å². The minimum atomic E-state index is -1.12. The Morgan fingerprint density at radius 1 is 1.53 bits per heavy atom. The van der Waals surface area contributed by atoms with E-state index in [1.54, 1.807) is 26.0 Å². The molecule has 15 heavy (non-hydrogen) atoms. The quantitative estimate of drug-likeness (QED) is 0.799. The van der Waals surface area contributed by atoms with E-state index in [0.29, 0.717) is 5.56 Å². The van der Waals surface area contributed by atoms with Crippen molar-refractivity contribution in [1.29, 1.82) is 0 Å². The summed E-state index contributed by atoms with van der Waals surface area (Å²) in [5, 5.41) is 8.75. The highest BCUT2D eigenvalue weighted by Gasteiger charge is 2.24. The monoisotopic (exact) mass is 211 g/mol. The summed E-state index contributed by atoms with van der Waals surface area (Å²) >= 11 is 0. The molecule has 1 aromatic carbocycles. The molecule has 0 aliphatic rings. The lowest BCUT2D eigenvalue weighted by Crippen LogP contribution is -2.35. The van der Waals surface area contributed by atoms with E-state index in [-0.39, 0.29) is 0 Å². The normalized spacial score (nSPS) is 14.7. The molecule has 3 nitrogen and oxygen atoms in total. The van der Waals surface area contributed by atoms with Crippen LogP contribution in [0.15, 0.2) is 18.2 Å². The minimum Gasteiger partial charge on any atom is -0.480 e. The molecule has 2 atom stereocenters. The average Bonchev–Trinajstić information content (AvgIpc) is 2.15. The smallest absolute Gasteiger partial charge is 0.321 e. The first kappa shape index (κ1) is 11.7. The van der Waals surface area contributed by atoms with Gasteiger partial charge in [0, 0.05) is 5.92 Å². The Kier molecular flexibility index (Phi) is 3.42. The zero-order valence-electron chi connectivity index (χ0n) is 8.70. The summed E-state index contributed by atoms with van der Waals surface area (Å²) in [5.74, 6) is -2.06. The first-order valence-corrected chi connectivity index (χ1v) is 4.68. The van der Waals surface area contributed by atoms with Crippen LogP contribution in [0.4, 0.5) is 4.39 Å². The van der Waals surface area contributed by atoms with Crippen molar-refractivity contribution in [3.8, 4) is 0 Å². The second-order valence-corrected chi connectivity index (χ2v) is 3.62. The summed E-state index contributed by atoms with van der Waals surface area (Å²) in [4.78, 5) is 10.7. The lowest BCUT2D eigenvalue weighted by Gasteiger charge is -2.19. The fraction of sp³-hybridized carbons (Fsp3) is 0.364. The molecule has 2 unspecified atom stereocenters. The van der Waals surface area contributed by atoms with Gasteiger partial charge in [-0.25, -0.2) is 4.39 Å². The van der Waals surface area contributed by atoms with Crippen molar-refractivity contribution in [2.45, 2.75) is 25.8 Å². The zero-order valence-corrected chi connectivity index (χ0v) is 8.70. The van der Waals surface area contributed by atoms with Gasteiger partial charge in [0.05, 0.1) is 0 Å². The molecule has 1 aromatic rings. The highest BCUT2D eigenvalue weighted by atomic mass is 19.1. The number of hydrogen-bond acceptors (Lipinski definition) is 2. The summed E-state index contributed by atoms with van der Waals surface area (Å²) in [7, 11) is 0. The van der Waals surface area contributed by atoms with Crippen LogP contribution in [0.3, 0.4) is 0 Å². The van der Waals surface area contributed by atoms with Crippen LogP contribution in [0.2, 0.25) is 0 Å². The maximum Gasteiger partial charge on any atom is 0.321 e. The van der Waals surface area contributed by atoms with Crippen LogP contribution in [0, 0.1) is 12.7 Å². The number of benzene rings is 1. The molecule has 0 bridgehead atoms. The summed E-state index contributed by atoms with van der Waals surface area (Å²) in [6.45, 7) is 3.35. The second kappa shape index (κ2) is 4.40. The molecular weight excluding hydrogens is 197 g/mol. The molecule has 0 amide bonds. The van der Waals surface area contributed by atoms with E-state index in [2.05, 4.69) is 0 Å². The number of carbonyl (C=O) groups is 1. The predicted octanol–water partition coefficient (Wildman–Crippen LogP) is 1.65. The third-order valence-electron chi connectivity index (χ3n) is 2.55. The average molecular weight is 211 g/mol. The molecule has 0 aliphatic heterocycles. The Morgan fingerprint density at radius 3 is 2.60 bits per heavy atom. The highest BCUT2D eigenvalue weighted by Crippen LogP contribution is 2.24. The van der Waals surface area contributed by atoms with Crippen molar-refractivity contribution < 1.29 is 14.3 Å². The van der Waals surface area contributed by atoms with Crippen molar-refractivity contribution in [2.24, 2.45) is 5.73 Å². The molecule has 0 aromatic heterocycles. The molecule has 0 saturated heterocycles. The van der Waals surface area contributed by atoms with Gasteiger partial charge in [-0.15, -0.1) is 0 Å². The fourth-order valence-electron chi connectivity index (χ4n) is 1.61. The molecule has 0 aliphatic carbocycles. The van der Waals surface area contributed by atoms with Gasteiger partial charge in [-0.2, -0.15) is 0 Å². The number of carboxylic acids is 1. The number of halogens is 1. The number of aryl methyl sites for hydroxylation is 1. The van der Waals surface area contributed by atoms with Crippen LogP contribution in [0.25, 0.3) is 0 Å². The summed E-state index contributed by atoms with van der Waals surface area (Å²) in [5.41, 5.74) is 6.57. The fourth-order valence-corrected chi connectivity index (χ4v) is 1.61. The SMILES string of the molecule is Cc1cccc(F)c1C(C)C(N)C(=O)O. The second-order valence-electron chi connectivity index (χ2n) is 3.62. The van der Waals surface area contributed by atoms with E-state index in [1.807, 2.05) is 0 Å². The Bertz CT molecular complexity index is 359. The molecule has 4 heteroatoms. The molecule has 0 heterocycles. The molecular formula is C11H14FNO2. The molecule has 0 spiro atoms. The summed E-state index contributed by atoms with van der Waals surface area (Å²) in [6, 6.07) is 3.56. The van der Waals surface area contributed by atoms with Gasteiger partial charge in [0.15, 0.2) is 0 Å². The van der Waals surface area contributed by atoms with E-state index in [1.165, 1.54) is 6.07 Å². The topological polar surface area (TPSA) is 63.3 Å². The summed E-state index contributed by atoms with van der Waals surface area (Å²) in [6.07, 6.45) is 0. The number of rotatable bonds is 3. The van der Waals surface area contributed by atoms with E-state index >= 15 is 0 Å². The van der Waals surface area contributed by atoms with E-state index < -0.39 is 23.7 Å². The van der Waals surface area contributed by atoms with Crippen LogP contribution in [-0.2, 0) is 4.79 Å². The Morgan fingerprint density at radius 2 is 2.13 bits per heavy atom. The number of hydrogen-bond donors (Lipinski definition) is 2. The Labute approximate surface area is 87.7 Å². The van der Waals surface area contributed by atoms with Crippen molar-refractivity contribution in [1.82, 2.24) is 0 Å². The third-order valence-corrected chi connectivity index (χ3v) is 2.55. The standard InChI is InChI=1S/C11H14FNO2/c1-6-4-3-5-8(12)9(6)7(2)10(13)11(14)15/h3-5,7,10H,13H2,1-2H3,(H,14,15). The predicted molar refractivity (Wildman–Crippen MR) is 55.2 cm³/mol. The number of aliphatic carboxylic acids is 1. The van der Waals surface area contributed by atoms with E-state index in [4.69, 9.17) is 10.8 Å². The summed E-state index contributed by atoms with van der Waals surface area (Å²) < 4.78 is 13.5. The van der Waals surface area contributed by atoms with Crippen LogP contribution in [0.1, 0.15) is 24.0 Å². The van der Waals surface area contributed by atoms with Gasteiger partial charge in [-0.05, 0) is 24.1 Å². The molecule has 1 rings (SSSR count). The maximum atomic E-state index is 13.5. The first-order valence-electron chi connectivity index (χ1n) is 4.68. The van der Waals surface area contributed by atoms with Crippen LogP contribution < -0.4 is 5.73 Å². The Hall–Kier alpha value is -1.42. The van der Waals surface area contributed by atoms with Crippen molar-refractivity contribution >= 4 is 5.97 Å². The molecule has 0 radical (unpaired) electrons. The number of nitrogens with two attached hydrogens (primary N) is 1. The molecule has 3 N–H and O–H groups in total. The highest BCUT2D eigenvalue weighted by molar-refractivity contribution is 5.74. The first-order chi connectivity index (χ1) is 6.95. The minimum absolute atomic E-state index is 0.382. The van der Waals surface area contributed by atoms with E-state index in [0.717, 1.165) is 5.56 Å². The molecule has 0 fully saturated rings. The maximum absolute atomic E-state index is 13.5. The zero-order chi connectivity index (χ0) is 11.6. The van der Waals surface area contributed by atoms with Gasteiger partial charge in [-0.3, -0.25) is 4.79 Å². The van der Waals surface area contributed by atoms with Crippen LogP contribution in [-0.4, -0.2) is 17.1 Å². The lowest BCUT2D eigenvalue weighted by atomic mass is 9.90. The van der Waals surface area contributed by atoms with Gasteiger partial charge in [0.1, 0.15) is 11.9 Å². The van der Waals surface area contributed by atoms with Gasteiger partial charge < -0.3 is 10.8 Å². The van der Waals surface area contributed by atoms with Crippen molar-refractivity contribution in [2.75, 3.05) is 0 Å². The van der Waals surface area contributed by atoms with Gasteiger partial charge >= 0.3 is 5.97 Å². The van der Waals surface area contributed by atoms with E-state index in [9.17, 15) is 9.18 Å². The lowest BCUT2D eigenvalue weighted by molar-refractivity contribution is -0.139. The van der Waals surface area contributed by atoms with Crippen molar-refractivity contribution in [3.63, 3.8) is 0 Å². The van der Waals surface area contributed by atoms with Gasteiger partial charge in [0.2, 0.25) is 0 Å². The molecule has 82 valence electrons. The largest absolute Gasteiger partial charge is 0.480 e.